The van der Waals surface area contributed by atoms with Crippen LogP contribution in [-0.2, 0) is 10.2 Å². The van der Waals surface area contributed by atoms with Gasteiger partial charge in [0.15, 0.2) is 0 Å². The average Bonchev–Trinajstić information content (AvgIpc) is 2.21. The SMILES string of the molecule is COC1CCC1(CN)c1ccc(Cl)cc1.Cl. The number of halogens is 2. The molecule has 0 aromatic heterocycles. The van der Waals surface area contributed by atoms with Gasteiger partial charge < -0.3 is 10.5 Å². The zero-order valence-corrected chi connectivity index (χ0v) is 10.9. The first kappa shape index (κ1) is 13.8. The van der Waals surface area contributed by atoms with Crippen molar-refractivity contribution in [1.29, 1.82) is 0 Å². The minimum atomic E-state index is 0. The van der Waals surface area contributed by atoms with Crippen molar-refractivity contribution in [3.63, 3.8) is 0 Å². The second-order valence-corrected chi connectivity index (χ2v) is 4.57. The highest BCUT2D eigenvalue weighted by atomic mass is 35.5. The molecule has 0 saturated heterocycles. The van der Waals surface area contributed by atoms with Crippen molar-refractivity contribution in [2.45, 2.75) is 24.4 Å². The zero-order chi connectivity index (χ0) is 10.9. The van der Waals surface area contributed by atoms with E-state index in [-0.39, 0.29) is 23.9 Å². The van der Waals surface area contributed by atoms with Crippen molar-refractivity contribution >= 4 is 24.0 Å². The third kappa shape index (κ3) is 2.07. The fraction of sp³-hybridized carbons (Fsp3) is 0.500. The minimum Gasteiger partial charge on any atom is -0.380 e. The first-order valence-corrected chi connectivity index (χ1v) is 5.59. The van der Waals surface area contributed by atoms with E-state index in [1.165, 1.54) is 5.56 Å². The number of nitrogens with two attached hydrogens (primary N) is 1. The van der Waals surface area contributed by atoms with Crippen molar-refractivity contribution in [2.75, 3.05) is 13.7 Å². The third-order valence-corrected chi connectivity index (χ3v) is 3.79. The Morgan fingerprint density at radius 1 is 1.44 bits per heavy atom. The molecule has 2 N–H and O–H groups in total. The Bertz CT molecular complexity index is 335. The van der Waals surface area contributed by atoms with Gasteiger partial charge in [0, 0.05) is 24.1 Å². The Kier molecular flexibility index (Phi) is 4.62. The number of benzene rings is 1. The van der Waals surface area contributed by atoms with E-state index in [4.69, 9.17) is 22.1 Å². The van der Waals surface area contributed by atoms with Crippen LogP contribution >= 0.6 is 24.0 Å². The monoisotopic (exact) mass is 261 g/mol. The summed E-state index contributed by atoms with van der Waals surface area (Å²) in [6, 6.07) is 7.94. The summed E-state index contributed by atoms with van der Waals surface area (Å²) in [5.41, 5.74) is 7.15. The molecule has 0 bridgehead atoms. The highest BCUT2D eigenvalue weighted by Gasteiger charge is 2.47. The summed E-state index contributed by atoms with van der Waals surface area (Å²) in [5, 5.41) is 0.763. The van der Waals surface area contributed by atoms with Gasteiger partial charge in [0.2, 0.25) is 0 Å². The van der Waals surface area contributed by atoms with Gasteiger partial charge in [-0.3, -0.25) is 0 Å². The summed E-state index contributed by atoms with van der Waals surface area (Å²) in [7, 11) is 1.75. The van der Waals surface area contributed by atoms with E-state index in [1.807, 2.05) is 12.1 Å². The zero-order valence-electron chi connectivity index (χ0n) is 9.28. The van der Waals surface area contributed by atoms with Crippen molar-refractivity contribution < 1.29 is 4.74 Å². The summed E-state index contributed by atoms with van der Waals surface area (Å²) in [6.45, 7) is 0.632. The van der Waals surface area contributed by atoms with Crippen LogP contribution in [0.1, 0.15) is 18.4 Å². The lowest BCUT2D eigenvalue weighted by Gasteiger charge is -2.48. The summed E-state index contributed by atoms with van der Waals surface area (Å²) >= 11 is 5.87. The lowest BCUT2D eigenvalue weighted by Crippen LogP contribution is -2.54. The molecule has 1 saturated carbocycles. The Labute approximate surface area is 108 Å². The highest BCUT2D eigenvalue weighted by Crippen LogP contribution is 2.44. The number of methoxy groups -OCH3 is 1. The molecule has 2 nitrogen and oxygen atoms in total. The van der Waals surface area contributed by atoms with E-state index < -0.39 is 0 Å². The molecule has 4 heteroatoms. The maximum Gasteiger partial charge on any atom is 0.0680 e. The number of ether oxygens (including phenoxy) is 1. The molecule has 1 aromatic rings. The van der Waals surface area contributed by atoms with Crippen molar-refractivity contribution in [3.8, 4) is 0 Å². The standard InChI is InChI=1S/C12H16ClNO.ClH/c1-15-11-6-7-12(11,8-14)9-2-4-10(13)5-3-9;/h2-5,11H,6-8,14H2,1H3;1H. The minimum absolute atomic E-state index is 0. The van der Waals surface area contributed by atoms with Gasteiger partial charge in [-0.1, -0.05) is 23.7 Å². The highest BCUT2D eigenvalue weighted by molar-refractivity contribution is 6.30. The molecule has 2 unspecified atom stereocenters. The van der Waals surface area contributed by atoms with E-state index in [2.05, 4.69) is 12.1 Å². The van der Waals surface area contributed by atoms with Gasteiger partial charge in [-0.05, 0) is 30.5 Å². The average molecular weight is 262 g/mol. The van der Waals surface area contributed by atoms with E-state index in [0.717, 1.165) is 17.9 Å². The predicted octanol–water partition coefficient (Wildman–Crippen LogP) is 2.77. The molecule has 0 aliphatic heterocycles. The van der Waals surface area contributed by atoms with Gasteiger partial charge in [0.1, 0.15) is 0 Å². The Hall–Kier alpha value is -0.280. The number of rotatable bonds is 3. The Morgan fingerprint density at radius 3 is 2.44 bits per heavy atom. The molecule has 90 valence electrons. The normalized spacial score (nSPS) is 28.1. The molecule has 2 rings (SSSR count). The topological polar surface area (TPSA) is 35.2 Å². The second-order valence-electron chi connectivity index (χ2n) is 4.13. The summed E-state index contributed by atoms with van der Waals surface area (Å²) in [4.78, 5) is 0. The summed E-state index contributed by atoms with van der Waals surface area (Å²) < 4.78 is 5.46. The predicted molar refractivity (Wildman–Crippen MR) is 69.5 cm³/mol. The molecule has 0 radical (unpaired) electrons. The van der Waals surface area contributed by atoms with Crippen LogP contribution in [0, 0.1) is 0 Å². The van der Waals surface area contributed by atoms with Gasteiger partial charge in [-0.2, -0.15) is 0 Å². The van der Waals surface area contributed by atoms with Gasteiger partial charge in [-0.25, -0.2) is 0 Å². The van der Waals surface area contributed by atoms with Crippen LogP contribution in [0.4, 0.5) is 0 Å². The maximum atomic E-state index is 5.89. The molecule has 2 atom stereocenters. The molecule has 1 aliphatic carbocycles. The van der Waals surface area contributed by atoms with Gasteiger partial charge in [-0.15, -0.1) is 12.4 Å². The van der Waals surface area contributed by atoms with E-state index in [9.17, 15) is 0 Å². The molecule has 0 spiro atoms. The maximum absolute atomic E-state index is 5.89. The molecule has 1 aliphatic rings. The number of hydrogen-bond acceptors (Lipinski definition) is 2. The molecule has 0 heterocycles. The van der Waals surface area contributed by atoms with Crippen LogP contribution in [0.2, 0.25) is 5.02 Å². The Balaban J connectivity index is 0.00000128. The van der Waals surface area contributed by atoms with Crippen LogP contribution in [0.3, 0.4) is 0 Å². The van der Waals surface area contributed by atoms with E-state index in [1.54, 1.807) is 7.11 Å². The van der Waals surface area contributed by atoms with E-state index in [0.29, 0.717) is 6.54 Å². The quantitative estimate of drug-likeness (QED) is 0.909. The smallest absolute Gasteiger partial charge is 0.0680 e. The second kappa shape index (κ2) is 5.37. The van der Waals surface area contributed by atoms with Gasteiger partial charge in [0.25, 0.3) is 0 Å². The molecule has 1 aromatic carbocycles. The molecular weight excluding hydrogens is 245 g/mol. The molecule has 0 amide bonds. The van der Waals surface area contributed by atoms with Gasteiger partial charge >= 0.3 is 0 Å². The fourth-order valence-electron chi connectivity index (χ4n) is 2.42. The number of hydrogen-bond donors (Lipinski definition) is 1. The molecular formula is C12H17Cl2NO. The lowest BCUT2D eigenvalue weighted by atomic mass is 9.62. The van der Waals surface area contributed by atoms with Crippen LogP contribution in [0.5, 0.6) is 0 Å². The fourth-order valence-corrected chi connectivity index (χ4v) is 2.54. The van der Waals surface area contributed by atoms with Gasteiger partial charge in [0.05, 0.1) is 6.10 Å². The van der Waals surface area contributed by atoms with Crippen molar-refractivity contribution in [3.05, 3.63) is 34.9 Å². The van der Waals surface area contributed by atoms with Crippen LogP contribution in [0.15, 0.2) is 24.3 Å². The van der Waals surface area contributed by atoms with Crippen molar-refractivity contribution in [2.24, 2.45) is 5.73 Å². The van der Waals surface area contributed by atoms with E-state index >= 15 is 0 Å². The first-order chi connectivity index (χ1) is 7.23. The largest absolute Gasteiger partial charge is 0.380 e. The summed E-state index contributed by atoms with van der Waals surface area (Å²) in [6.07, 6.45) is 2.45. The summed E-state index contributed by atoms with van der Waals surface area (Å²) in [5.74, 6) is 0. The third-order valence-electron chi connectivity index (χ3n) is 3.54. The first-order valence-electron chi connectivity index (χ1n) is 5.22. The van der Waals surface area contributed by atoms with Crippen LogP contribution < -0.4 is 5.73 Å². The van der Waals surface area contributed by atoms with Crippen molar-refractivity contribution in [1.82, 2.24) is 0 Å². The molecule has 16 heavy (non-hydrogen) atoms. The molecule has 1 fully saturated rings. The van der Waals surface area contributed by atoms with Crippen LogP contribution in [-0.4, -0.2) is 19.8 Å². The Morgan fingerprint density at radius 2 is 2.06 bits per heavy atom. The van der Waals surface area contributed by atoms with Crippen LogP contribution in [0.25, 0.3) is 0 Å². The lowest BCUT2D eigenvalue weighted by molar-refractivity contribution is -0.0372.